The molecule has 5 heteroatoms. The highest BCUT2D eigenvalue weighted by Gasteiger charge is 2.20. The number of phenols is 1. The zero-order valence-corrected chi connectivity index (χ0v) is 24.8. The lowest BCUT2D eigenvalue weighted by Crippen LogP contribution is -1.97. The number of hydrogen-bond acceptors (Lipinski definition) is 4. The molecule has 1 N–H and O–H groups in total. The van der Waals surface area contributed by atoms with E-state index in [0.717, 1.165) is 50.2 Å². The van der Waals surface area contributed by atoms with Crippen LogP contribution in [0.25, 0.3) is 72.7 Å². The van der Waals surface area contributed by atoms with Crippen LogP contribution in [0.3, 0.4) is 0 Å². The van der Waals surface area contributed by atoms with Crippen LogP contribution in [0.5, 0.6) is 5.75 Å². The van der Waals surface area contributed by atoms with Crippen LogP contribution in [-0.4, -0.2) is 24.6 Å². The van der Waals surface area contributed by atoms with E-state index >= 15 is 0 Å². The third-order valence-corrected chi connectivity index (χ3v) is 8.28. The van der Waals surface area contributed by atoms with Crippen LogP contribution >= 0.6 is 0 Å². The van der Waals surface area contributed by atoms with E-state index in [0.29, 0.717) is 11.4 Å². The van der Waals surface area contributed by atoms with Crippen LogP contribution in [0.1, 0.15) is 0 Å². The van der Waals surface area contributed by atoms with Crippen molar-refractivity contribution >= 4 is 11.0 Å². The molecule has 0 aliphatic heterocycles. The van der Waals surface area contributed by atoms with E-state index in [2.05, 4.69) is 82.3 Å². The number of aromatic hydroxyl groups is 1. The molecule has 0 atom stereocenters. The van der Waals surface area contributed by atoms with Gasteiger partial charge in [-0.25, -0.2) is 4.98 Å². The minimum atomic E-state index is 0.173. The Labute approximate surface area is 266 Å². The van der Waals surface area contributed by atoms with Gasteiger partial charge in [-0.15, -0.1) is 0 Å². The van der Waals surface area contributed by atoms with Gasteiger partial charge in [-0.05, 0) is 70.3 Å². The molecule has 0 bridgehead atoms. The van der Waals surface area contributed by atoms with Crippen LogP contribution < -0.4 is 0 Å². The second-order valence-electron chi connectivity index (χ2n) is 11.1. The van der Waals surface area contributed by atoms with Crippen molar-refractivity contribution in [3.8, 4) is 67.5 Å². The summed E-state index contributed by atoms with van der Waals surface area (Å²) in [5, 5.41) is 10.8. The highest BCUT2D eigenvalue weighted by Crippen LogP contribution is 2.37. The number of nitrogens with zero attached hydrogens (tertiary/aromatic N) is 4. The van der Waals surface area contributed by atoms with Crippen molar-refractivity contribution in [2.45, 2.75) is 0 Å². The third-order valence-electron chi connectivity index (χ3n) is 8.28. The average molecular weight is 593 g/mol. The number of imidazole rings is 1. The highest BCUT2D eigenvalue weighted by atomic mass is 16.3. The summed E-state index contributed by atoms with van der Waals surface area (Å²) in [4.78, 5) is 14.5. The van der Waals surface area contributed by atoms with Gasteiger partial charge in [0.2, 0.25) is 0 Å². The van der Waals surface area contributed by atoms with Crippen LogP contribution in [0.15, 0.2) is 164 Å². The van der Waals surface area contributed by atoms with E-state index in [9.17, 15) is 5.11 Å². The Hall–Kier alpha value is -6.33. The van der Waals surface area contributed by atoms with Gasteiger partial charge in [0.25, 0.3) is 0 Å². The van der Waals surface area contributed by atoms with Crippen LogP contribution in [0.4, 0.5) is 0 Å². The molecule has 8 aromatic rings. The lowest BCUT2D eigenvalue weighted by atomic mass is 9.98. The molecule has 8 rings (SSSR count). The number of fused-ring (bicyclic) bond motifs is 1. The summed E-state index contributed by atoms with van der Waals surface area (Å²) in [6.07, 6.45) is 5.56. The normalized spacial score (nSPS) is 11.1. The molecule has 0 unspecified atom stereocenters. The zero-order chi connectivity index (χ0) is 30.9. The molecule has 0 saturated carbocycles. The number of para-hydroxylation sites is 2. The molecule has 0 amide bonds. The summed E-state index contributed by atoms with van der Waals surface area (Å²) in [6.45, 7) is 0. The lowest BCUT2D eigenvalue weighted by Gasteiger charge is -2.10. The van der Waals surface area contributed by atoms with Gasteiger partial charge in [-0.3, -0.25) is 14.5 Å². The Morgan fingerprint density at radius 1 is 0.500 bits per heavy atom. The first-order chi connectivity index (χ1) is 22.7. The SMILES string of the molecule is Oc1ccccc1-c1nc2c(-c3cccc(-c4cc(-c5ccc(-c6ccccc6)cc5)ccn4)c3)cncc2n1-c1ccccc1. The van der Waals surface area contributed by atoms with E-state index in [1.54, 1.807) is 6.07 Å². The topological polar surface area (TPSA) is 63.8 Å². The van der Waals surface area contributed by atoms with Gasteiger partial charge in [-0.2, -0.15) is 0 Å². The van der Waals surface area contributed by atoms with Crippen molar-refractivity contribution in [1.29, 1.82) is 0 Å². The maximum Gasteiger partial charge on any atom is 0.149 e. The predicted molar refractivity (Wildman–Crippen MR) is 186 cm³/mol. The molecule has 0 saturated heterocycles. The molecule has 0 aliphatic rings. The van der Waals surface area contributed by atoms with E-state index in [-0.39, 0.29) is 5.75 Å². The summed E-state index contributed by atoms with van der Waals surface area (Å²) in [5.74, 6) is 0.824. The molecular formula is C41H28N4O. The summed E-state index contributed by atoms with van der Waals surface area (Å²) >= 11 is 0. The number of benzene rings is 5. The summed E-state index contributed by atoms with van der Waals surface area (Å²) in [7, 11) is 0. The fourth-order valence-corrected chi connectivity index (χ4v) is 5.99. The second-order valence-corrected chi connectivity index (χ2v) is 11.1. The van der Waals surface area contributed by atoms with Gasteiger partial charge >= 0.3 is 0 Å². The van der Waals surface area contributed by atoms with Gasteiger partial charge in [-0.1, -0.05) is 103 Å². The lowest BCUT2D eigenvalue weighted by molar-refractivity contribution is 0.477. The Balaban J connectivity index is 1.20. The number of phenolic OH excluding ortho intramolecular Hbond substituents is 1. The van der Waals surface area contributed by atoms with Crippen molar-refractivity contribution in [3.63, 3.8) is 0 Å². The molecule has 5 nitrogen and oxygen atoms in total. The van der Waals surface area contributed by atoms with E-state index in [4.69, 9.17) is 9.97 Å². The van der Waals surface area contributed by atoms with Crippen LogP contribution in [0, 0.1) is 0 Å². The molecule has 5 aromatic carbocycles. The van der Waals surface area contributed by atoms with E-state index < -0.39 is 0 Å². The van der Waals surface area contributed by atoms with Crippen molar-refractivity contribution in [1.82, 2.24) is 19.5 Å². The molecule has 46 heavy (non-hydrogen) atoms. The Kier molecular flexibility index (Phi) is 6.89. The van der Waals surface area contributed by atoms with Gasteiger partial charge in [0.15, 0.2) is 0 Å². The molecule has 218 valence electrons. The average Bonchev–Trinajstić information content (AvgIpc) is 3.52. The molecule has 0 radical (unpaired) electrons. The standard InChI is InChI=1S/C41H28N4O/c46-39-17-8-7-16-35(39)41-44-40-36(26-42-27-38(40)45(41)34-14-5-2-6-15-34)32-12-9-13-33(24-32)37-25-31(22-23-43-37)30-20-18-29(19-21-30)28-10-3-1-4-11-28/h1-27,46H. The van der Waals surface area contributed by atoms with Gasteiger partial charge < -0.3 is 5.11 Å². The summed E-state index contributed by atoms with van der Waals surface area (Å²) < 4.78 is 2.05. The first-order valence-corrected chi connectivity index (χ1v) is 15.2. The fraction of sp³-hybridized carbons (Fsp3) is 0. The predicted octanol–water partition coefficient (Wildman–Crippen LogP) is 9.86. The monoisotopic (exact) mass is 592 g/mol. The van der Waals surface area contributed by atoms with Gasteiger partial charge in [0.05, 0.1) is 23.0 Å². The Bertz CT molecular complexity index is 2310. The number of rotatable bonds is 6. The zero-order valence-electron chi connectivity index (χ0n) is 24.8. The van der Waals surface area contributed by atoms with Crippen molar-refractivity contribution in [2.24, 2.45) is 0 Å². The molecule has 0 aliphatic carbocycles. The van der Waals surface area contributed by atoms with Crippen LogP contribution in [-0.2, 0) is 0 Å². The largest absolute Gasteiger partial charge is 0.507 e. The highest BCUT2D eigenvalue weighted by molar-refractivity contribution is 5.95. The molecule has 0 fully saturated rings. The molecule has 3 aromatic heterocycles. The Morgan fingerprint density at radius 2 is 1.15 bits per heavy atom. The van der Waals surface area contributed by atoms with E-state index in [1.165, 1.54) is 11.1 Å². The smallest absolute Gasteiger partial charge is 0.149 e. The summed E-state index contributed by atoms with van der Waals surface area (Å²) in [5.41, 5.74) is 11.6. The fourth-order valence-electron chi connectivity index (χ4n) is 5.99. The maximum absolute atomic E-state index is 10.8. The van der Waals surface area contributed by atoms with Gasteiger partial charge in [0, 0.05) is 29.2 Å². The maximum atomic E-state index is 10.8. The quantitative estimate of drug-likeness (QED) is 0.209. The first-order valence-electron chi connectivity index (χ1n) is 15.2. The number of aromatic nitrogens is 4. The minimum Gasteiger partial charge on any atom is -0.507 e. The van der Waals surface area contributed by atoms with Crippen LogP contribution in [0.2, 0.25) is 0 Å². The number of hydrogen-bond donors (Lipinski definition) is 1. The molecule has 3 heterocycles. The number of pyridine rings is 2. The third kappa shape index (κ3) is 5.00. The van der Waals surface area contributed by atoms with Crippen molar-refractivity contribution in [2.75, 3.05) is 0 Å². The minimum absolute atomic E-state index is 0.173. The van der Waals surface area contributed by atoms with E-state index in [1.807, 2.05) is 85.3 Å². The molecular weight excluding hydrogens is 564 g/mol. The Morgan fingerprint density at radius 3 is 1.93 bits per heavy atom. The summed E-state index contributed by atoms with van der Waals surface area (Å²) in [6, 6.07) is 48.9. The molecule has 0 spiro atoms. The van der Waals surface area contributed by atoms with Gasteiger partial charge in [0.1, 0.15) is 17.1 Å². The first kappa shape index (κ1) is 27.2. The second kappa shape index (κ2) is 11.6. The van der Waals surface area contributed by atoms with Crippen molar-refractivity contribution in [3.05, 3.63) is 164 Å². The van der Waals surface area contributed by atoms with Crippen molar-refractivity contribution < 1.29 is 5.11 Å².